The van der Waals surface area contributed by atoms with Crippen LogP contribution in [0, 0.1) is 33.5 Å². The summed E-state index contributed by atoms with van der Waals surface area (Å²) in [6.45, 7) is 32.1. The molecule has 33 nitrogen and oxygen atoms in total. The molecule has 5 aliphatic heterocycles. The summed E-state index contributed by atoms with van der Waals surface area (Å²) in [7, 11) is 3.43. The molecule has 694 valence electrons. The number of hydrogen-bond donors (Lipinski definition) is 6. The number of amides is 3. The summed E-state index contributed by atoms with van der Waals surface area (Å²) in [5.41, 5.74) is -10.7. The van der Waals surface area contributed by atoms with E-state index in [9.17, 15) is 63.6 Å². The fourth-order valence-corrected chi connectivity index (χ4v) is 22.3. The Balaban J connectivity index is 0.000000209. The van der Waals surface area contributed by atoms with Gasteiger partial charge in [0.15, 0.2) is 36.0 Å². The molecule has 0 unspecified atom stereocenters. The summed E-state index contributed by atoms with van der Waals surface area (Å²) in [5, 5.41) is 56.5. The molecule has 11 aliphatic rings. The number of aliphatic hydroxyl groups excluding tert-OH is 2. The number of carbonyl (C=O) groups is 9. The summed E-state index contributed by atoms with van der Waals surface area (Å²) in [6, 6.07) is 23.1. The lowest BCUT2D eigenvalue weighted by atomic mass is 9.45. The van der Waals surface area contributed by atoms with Crippen LogP contribution in [0.5, 0.6) is 0 Å². The predicted molar refractivity (Wildman–Crippen MR) is 454 cm³/mol. The third kappa shape index (κ3) is 17.0. The Hall–Kier alpha value is -9.65. The van der Waals surface area contributed by atoms with Gasteiger partial charge in [0, 0.05) is 81.4 Å². The molecule has 33 heteroatoms. The Morgan fingerprint density at radius 1 is 0.570 bits per heavy atom. The van der Waals surface area contributed by atoms with Crippen molar-refractivity contribution in [3.05, 3.63) is 167 Å². The summed E-state index contributed by atoms with van der Waals surface area (Å²) < 4.78 is 89.2. The summed E-state index contributed by atoms with van der Waals surface area (Å²) in [4.78, 5) is 136. The first-order chi connectivity index (χ1) is 60.1. The number of rotatable bonds is 20. The molecule has 25 atom stereocenters. The Labute approximate surface area is 744 Å². The molecule has 128 heavy (non-hydrogen) atoms. The molecule has 2 aromatic carbocycles. The van der Waals surface area contributed by atoms with E-state index in [4.69, 9.17) is 66.3 Å². The summed E-state index contributed by atoms with van der Waals surface area (Å²) in [6.07, 6.45) is -11.5. The van der Waals surface area contributed by atoms with Gasteiger partial charge in [-0.1, -0.05) is 96.7 Å². The SMILES string of the molecule is C=C[C@@H]1O[C@@H]2C3=C(C)[C@@H](OC(=O)[C@H](O)[C@@H](NC(=O)OC(C)(C)C)c4ccccn4)C[C@@](O)([C@@H](OC(=O)c4ccccc4)[C@H]4[C@@](C)(CC[C@H]5OC[C@]54OC(C)=O)[C@@H]2O1)C3(C)C.CC(=O)O[C@@]12CO[C@@H]1CC[C@@]1(C)[C@@H]3O[C@H](CN4CC[C@H]4C(=O)N(C)C)O[C@@H]3C3=C(C)[C@@H](OC(=O)[C@H](O)[C@@H](NC(=O)OC(C)(C)C)c4ccccn4)C[C@@](O)([C@@H](OC(=O)c4ccccc4)[C@@H]12)C3(C)C. The Bertz CT molecular complexity index is 4950. The average molecular weight is 1780 g/mol. The highest BCUT2D eigenvalue weighted by molar-refractivity contribution is 5.90. The molecule has 7 heterocycles. The van der Waals surface area contributed by atoms with E-state index in [1.54, 1.807) is 159 Å². The minimum Gasteiger partial charge on any atom is -0.456 e. The maximum absolute atomic E-state index is 14.6. The molecule has 2 aromatic heterocycles. The van der Waals surface area contributed by atoms with Gasteiger partial charge in [-0.05, 0) is 164 Å². The number of likely N-dealkylation sites (N-methyl/N-ethyl adjacent to an activating group) is 1. The second-order valence-corrected chi connectivity index (χ2v) is 39.6. The highest BCUT2D eigenvalue weighted by atomic mass is 16.7. The smallest absolute Gasteiger partial charge is 0.408 e. The maximum atomic E-state index is 14.6. The van der Waals surface area contributed by atoms with Gasteiger partial charge >= 0.3 is 48.0 Å². The first kappa shape index (κ1) is 94.5. The number of hydrogen-bond acceptors (Lipinski definition) is 30. The Morgan fingerprint density at radius 3 is 1.33 bits per heavy atom. The van der Waals surface area contributed by atoms with Crippen LogP contribution in [0.3, 0.4) is 0 Å². The van der Waals surface area contributed by atoms with Crippen molar-refractivity contribution < 1.29 is 130 Å². The quantitative estimate of drug-likeness (QED) is 0.0273. The van der Waals surface area contributed by atoms with Crippen molar-refractivity contribution in [1.82, 2.24) is 30.4 Å². The molecule has 3 amide bonds. The molecule has 15 rings (SSSR count). The monoisotopic (exact) mass is 1780 g/mol. The van der Waals surface area contributed by atoms with Gasteiger partial charge in [0.2, 0.25) is 5.91 Å². The van der Waals surface area contributed by atoms with Gasteiger partial charge in [-0.15, -0.1) is 0 Å². The number of fused-ring (bicyclic) bond motifs is 16. The van der Waals surface area contributed by atoms with Gasteiger partial charge in [-0.25, -0.2) is 28.8 Å². The highest BCUT2D eigenvalue weighted by Crippen LogP contribution is 2.70. The van der Waals surface area contributed by atoms with Gasteiger partial charge in [0.25, 0.3) is 0 Å². The van der Waals surface area contributed by atoms with E-state index in [1.165, 1.54) is 44.4 Å². The van der Waals surface area contributed by atoms with Crippen molar-refractivity contribution in [3.8, 4) is 0 Å². The van der Waals surface area contributed by atoms with Crippen LogP contribution < -0.4 is 10.6 Å². The first-order valence-electron chi connectivity index (χ1n) is 43.9. The lowest BCUT2D eigenvalue weighted by molar-refractivity contribution is -0.345. The van der Waals surface area contributed by atoms with Crippen molar-refractivity contribution in [3.63, 3.8) is 0 Å². The number of likely N-dealkylation sites (tertiary alicyclic amines) is 1. The fraction of sp³-hybridized carbons (Fsp3) is 0.611. The van der Waals surface area contributed by atoms with Crippen LogP contribution in [0.15, 0.2) is 144 Å². The highest BCUT2D eigenvalue weighted by Gasteiger charge is 2.80. The number of carbonyl (C=O) groups excluding carboxylic acids is 9. The molecule has 4 aromatic rings. The number of nitrogens with one attached hydrogen (secondary N) is 2. The van der Waals surface area contributed by atoms with Crippen LogP contribution in [-0.2, 0) is 90.3 Å². The van der Waals surface area contributed by atoms with Crippen LogP contribution in [0.25, 0.3) is 0 Å². The number of aliphatic hydroxyl groups is 4. The van der Waals surface area contributed by atoms with Gasteiger partial charge in [0.1, 0.15) is 83.3 Å². The lowest BCUT2D eigenvalue weighted by Gasteiger charge is -2.68. The standard InChI is InChI=1S/C50H66N4O14.C45H56N2O13/c1-27-32(63-44(59)37(56)36(30-18-14-15-22-51-30)52-45(60)68-46(3,4)5)24-50(61)41(66-43(58)29-16-12-11-13-17-29)39-48(8,21-19-33-49(39,26-62-33)67-28(2)55)40-38(35(27)47(50,6)7)64-34(65-40)25-54-23-20-31(54)42(57)53(9)10;1-10-30-56-34-31-24(2)28(55-39(51)33(49)32(27-18-14-15-21-46-27)47-40(52)60-41(4,5)6)22-45(53,42(31,7)8)37(58-38(50)26-16-12-11-13-17-26)35-43(9,36(34)57-30)20-19-29-44(35,23-54-29)59-25(3)48/h11-18,22,31-34,36-41,56,61H,19-21,23-26H2,1-10H3,(H,52,60);10-18,21,28-30,32-37,49,53H,1,19-20,22-23H2,2-9H3,(H,47,52)/t31-,32-,33+,34+,36-,37+,38+,39-,40+,41-,48+,49-,50+;28-,29+,30+,32-,33+,34+,35-,36+,37-,43+,44-,45+/m00/s1. The number of pyridine rings is 2. The van der Waals surface area contributed by atoms with Crippen molar-refractivity contribution in [1.29, 1.82) is 0 Å². The predicted octanol–water partition coefficient (Wildman–Crippen LogP) is 9.08. The lowest BCUT2D eigenvalue weighted by Crippen LogP contribution is -2.79. The number of aromatic nitrogens is 2. The first-order valence-corrected chi connectivity index (χ1v) is 43.9. The third-order valence-corrected chi connectivity index (χ3v) is 28.5. The molecule has 0 radical (unpaired) electrons. The zero-order valence-electron chi connectivity index (χ0n) is 75.9. The van der Waals surface area contributed by atoms with E-state index < -0.39 is 213 Å². The van der Waals surface area contributed by atoms with Crippen molar-refractivity contribution >= 4 is 53.9 Å². The van der Waals surface area contributed by atoms with Crippen LogP contribution >= 0.6 is 0 Å². The fourth-order valence-electron chi connectivity index (χ4n) is 22.3. The summed E-state index contributed by atoms with van der Waals surface area (Å²) >= 11 is 0. The molecule has 5 saturated heterocycles. The Morgan fingerprint density at radius 2 is 0.977 bits per heavy atom. The van der Waals surface area contributed by atoms with Crippen LogP contribution in [0.4, 0.5) is 9.59 Å². The minimum atomic E-state index is -2.12. The summed E-state index contributed by atoms with van der Waals surface area (Å²) in [5.74, 6) is -6.96. The normalized spacial score (nSPS) is 34.8. The van der Waals surface area contributed by atoms with E-state index in [0.29, 0.717) is 60.9 Å². The molecule has 4 bridgehead atoms. The van der Waals surface area contributed by atoms with Gasteiger partial charge < -0.3 is 102 Å². The molecular formula is C95H122N6O27. The van der Waals surface area contributed by atoms with Gasteiger partial charge in [0.05, 0.1) is 72.4 Å². The zero-order valence-corrected chi connectivity index (χ0v) is 75.9. The minimum absolute atomic E-state index is 0.0393. The molecule has 6 N–H and O–H groups in total. The van der Waals surface area contributed by atoms with Crippen LogP contribution in [-0.4, -0.2) is 260 Å². The number of benzene rings is 2. The Kier molecular flexibility index (Phi) is 26.0. The number of alkyl carbamates (subject to hydrolysis) is 2. The van der Waals surface area contributed by atoms with E-state index in [2.05, 4.69) is 27.2 Å². The van der Waals surface area contributed by atoms with Gasteiger partial charge in [-0.2, -0.15) is 0 Å². The maximum Gasteiger partial charge on any atom is 0.408 e. The molecule has 6 aliphatic carbocycles. The molecule has 4 saturated carbocycles. The third-order valence-electron chi connectivity index (χ3n) is 28.5. The second-order valence-electron chi connectivity index (χ2n) is 39.6. The van der Waals surface area contributed by atoms with Crippen molar-refractivity contribution in [2.45, 2.75) is 293 Å². The topological polar surface area (TPSA) is 420 Å². The number of ether oxygens (including phenoxy) is 14. The van der Waals surface area contributed by atoms with E-state index >= 15 is 0 Å². The van der Waals surface area contributed by atoms with E-state index in [-0.39, 0.29) is 67.1 Å². The van der Waals surface area contributed by atoms with E-state index in [1.807, 2.05) is 46.4 Å². The largest absolute Gasteiger partial charge is 0.456 e. The average Bonchev–Trinajstić information content (AvgIpc) is 1.17. The van der Waals surface area contributed by atoms with Gasteiger partial charge in [-0.3, -0.25) is 29.3 Å². The van der Waals surface area contributed by atoms with Crippen LogP contribution in [0.1, 0.15) is 200 Å². The van der Waals surface area contributed by atoms with Crippen molar-refractivity contribution in [2.75, 3.05) is 40.4 Å². The zero-order chi connectivity index (χ0) is 92.9. The van der Waals surface area contributed by atoms with Crippen molar-refractivity contribution in [2.24, 2.45) is 33.5 Å². The number of esters is 6. The van der Waals surface area contributed by atoms with E-state index in [0.717, 1.165) is 0 Å². The molecular weight excluding hydrogens is 1660 g/mol. The second kappa shape index (κ2) is 35.2. The van der Waals surface area contributed by atoms with Crippen LogP contribution in [0.2, 0.25) is 0 Å². The molecule has 9 fully saturated rings. The molecule has 0 spiro atoms. The number of nitrogens with zero attached hydrogens (tertiary/aromatic N) is 4.